The van der Waals surface area contributed by atoms with Crippen LogP contribution in [0.15, 0.2) is 28.7 Å². The second-order valence-corrected chi connectivity index (χ2v) is 4.99. The number of carbonyl (C=O) groups excluding carboxylic acids is 1. The van der Waals surface area contributed by atoms with Gasteiger partial charge in [0.2, 0.25) is 0 Å². The molecule has 0 N–H and O–H groups in total. The Morgan fingerprint density at radius 1 is 1.05 bits per heavy atom. The van der Waals surface area contributed by atoms with E-state index in [4.69, 9.17) is 4.42 Å². The van der Waals surface area contributed by atoms with Crippen LogP contribution in [0.25, 0.3) is 0 Å². The molecule has 1 aromatic heterocycles. The summed E-state index contributed by atoms with van der Waals surface area (Å²) in [5, 5.41) is 0. The van der Waals surface area contributed by atoms with Crippen LogP contribution in [0.2, 0.25) is 0 Å². The van der Waals surface area contributed by atoms with Crippen molar-refractivity contribution in [3.05, 3.63) is 58.0 Å². The summed E-state index contributed by atoms with van der Waals surface area (Å²) in [4.78, 5) is 12.5. The summed E-state index contributed by atoms with van der Waals surface area (Å²) in [5.74, 6) is 1.58. The molecule has 0 saturated carbocycles. The molecular weight excluding hydrogens is 236 g/mol. The van der Waals surface area contributed by atoms with Crippen LogP contribution < -0.4 is 0 Å². The monoisotopic (exact) mass is 256 g/mol. The number of furan rings is 1. The van der Waals surface area contributed by atoms with Gasteiger partial charge in [-0.1, -0.05) is 37.6 Å². The summed E-state index contributed by atoms with van der Waals surface area (Å²) in [5.41, 5.74) is 3.66. The molecule has 2 nitrogen and oxygen atoms in total. The molecule has 0 fully saturated rings. The molecule has 0 spiro atoms. The Hall–Kier alpha value is -1.83. The molecule has 100 valence electrons. The van der Waals surface area contributed by atoms with E-state index in [-0.39, 0.29) is 5.78 Å². The van der Waals surface area contributed by atoms with Crippen LogP contribution in [-0.2, 0) is 6.42 Å². The molecule has 0 saturated heterocycles. The van der Waals surface area contributed by atoms with Crippen LogP contribution >= 0.6 is 0 Å². The van der Waals surface area contributed by atoms with Gasteiger partial charge >= 0.3 is 0 Å². The van der Waals surface area contributed by atoms with Crippen LogP contribution in [0, 0.1) is 20.8 Å². The third-order valence-corrected chi connectivity index (χ3v) is 3.54. The minimum atomic E-state index is 0.0508. The van der Waals surface area contributed by atoms with Gasteiger partial charge in [0.05, 0.1) is 5.56 Å². The van der Waals surface area contributed by atoms with Crippen molar-refractivity contribution in [1.29, 1.82) is 0 Å². The molecule has 0 aliphatic heterocycles. The minimum absolute atomic E-state index is 0.0508. The quantitative estimate of drug-likeness (QED) is 0.759. The number of hydrogen-bond donors (Lipinski definition) is 0. The summed E-state index contributed by atoms with van der Waals surface area (Å²) in [6.07, 6.45) is 2.17. The van der Waals surface area contributed by atoms with Crippen molar-refractivity contribution in [1.82, 2.24) is 0 Å². The van der Waals surface area contributed by atoms with Crippen LogP contribution in [0.1, 0.15) is 51.9 Å². The SMILES string of the molecule is CCCc1ccc(C(=O)c2c(C)oc(C)c2C)cc1. The van der Waals surface area contributed by atoms with E-state index in [0.717, 1.165) is 29.7 Å². The van der Waals surface area contributed by atoms with E-state index in [1.54, 1.807) is 0 Å². The molecule has 0 atom stereocenters. The van der Waals surface area contributed by atoms with Crippen molar-refractivity contribution in [3.63, 3.8) is 0 Å². The zero-order chi connectivity index (χ0) is 14.0. The molecule has 0 aliphatic carbocycles. The van der Waals surface area contributed by atoms with Crippen molar-refractivity contribution >= 4 is 5.78 Å². The predicted molar refractivity (Wildman–Crippen MR) is 76.8 cm³/mol. The van der Waals surface area contributed by atoms with Crippen molar-refractivity contribution in [2.45, 2.75) is 40.5 Å². The Morgan fingerprint density at radius 2 is 1.68 bits per heavy atom. The second-order valence-electron chi connectivity index (χ2n) is 4.99. The summed E-state index contributed by atoms with van der Waals surface area (Å²) >= 11 is 0. The molecule has 0 radical (unpaired) electrons. The topological polar surface area (TPSA) is 30.2 Å². The van der Waals surface area contributed by atoms with Gasteiger partial charge in [-0.2, -0.15) is 0 Å². The smallest absolute Gasteiger partial charge is 0.196 e. The Balaban J connectivity index is 2.33. The van der Waals surface area contributed by atoms with Crippen molar-refractivity contribution in [2.24, 2.45) is 0 Å². The van der Waals surface area contributed by atoms with Crippen molar-refractivity contribution < 1.29 is 9.21 Å². The fraction of sp³-hybridized carbons (Fsp3) is 0.353. The lowest BCUT2D eigenvalue weighted by Gasteiger charge is -2.03. The first-order chi connectivity index (χ1) is 9.04. The average molecular weight is 256 g/mol. The third-order valence-electron chi connectivity index (χ3n) is 3.54. The summed E-state index contributed by atoms with van der Waals surface area (Å²) in [6, 6.07) is 7.89. The maximum Gasteiger partial charge on any atom is 0.196 e. The van der Waals surface area contributed by atoms with E-state index in [0.29, 0.717) is 11.3 Å². The fourth-order valence-electron chi connectivity index (χ4n) is 2.38. The highest BCUT2D eigenvalue weighted by Gasteiger charge is 2.19. The highest BCUT2D eigenvalue weighted by Crippen LogP contribution is 2.24. The Labute approximate surface area is 114 Å². The Morgan fingerprint density at radius 3 is 2.16 bits per heavy atom. The number of hydrogen-bond acceptors (Lipinski definition) is 2. The largest absolute Gasteiger partial charge is 0.466 e. The van der Waals surface area contributed by atoms with Gasteiger partial charge in [-0.25, -0.2) is 0 Å². The lowest BCUT2D eigenvalue weighted by Crippen LogP contribution is -2.03. The minimum Gasteiger partial charge on any atom is -0.466 e. The van der Waals surface area contributed by atoms with Crippen molar-refractivity contribution in [2.75, 3.05) is 0 Å². The van der Waals surface area contributed by atoms with Gasteiger partial charge in [-0.15, -0.1) is 0 Å². The molecule has 2 rings (SSSR count). The summed E-state index contributed by atoms with van der Waals surface area (Å²) < 4.78 is 5.53. The van der Waals surface area contributed by atoms with Crippen LogP contribution in [-0.4, -0.2) is 5.78 Å². The van der Waals surface area contributed by atoms with Gasteiger partial charge in [0.15, 0.2) is 5.78 Å². The van der Waals surface area contributed by atoms with E-state index in [2.05, 4.69) is 6.92 Å². The first kappa shape index (κ1) is 13.6. The lowest BCUT2D eigenvalue weighted by molar-refractivity contribution is 0.103. The first-order valence-corrected chi connectivity index (χ1v) is 6.74. The Bertz CT molecular complexity index is 588. The molecule has 0 amide bonds. The van der Waals surface area contributed by atoms with E-state index in [1.165, 1.54) is 5.56 Å². The van der Waals surface area contributed by atoms with E-state index in [1.807, 2.05) is 45.0 Å². The zero-order valence-corrected chi connectivity index (χ0v) is 12.0. The molecule has 2 heteroatoms. The molecule has 0 aliphatic rings. The van der Waals surface area contributed by atoms with Crippen LogP contribution in [0.5, 0.6) is 0 Å². The van der Waals surface area contributed by atoms with E-state index in [9.17, 15) is 4.79 Å². The standard InChI is InChI=1S/C17H20O2/c1-5-6-14-7-9-15(10-8-14)17(18)16-11(2)12(3)19-13(16)4/h7-10H,5-6H2,1-4H3. The Kier molecular flexibility index (Phi) is 3.89. The zero-order valence-electron chi connectivity index (χ0n) is 12.0. The number of benzene rings is 1. The van der Waals surface area contributed by atoms with Gasteiger partial charge in [0.25, 0.3) is 0 Å². The molecule has 2 aromatic rings. The van der Waals surface area contributed by atoms with Gasteiger partial charge in [-0.3, -0.25) is 4.79 Å². The fourth-order valence-corrected chi connectivity index (χ4v) is 2.38. The van der Waals surface area contributed by atoms with E-state index < -0.39 is 0 Å². The number of carbonyl (C=O) groups is 1. The molecule has 1 heterocycles. The first-order valence-electron chi connectivity index (χ1n) is 6.74. The second kappa shape index (κ2) is 5.43. The maximum atomic E-state index is 12.5. The molecule has 1 aromatic carbocycles. The van der Waals surface area contributed by atoms with Gasteiger partial charge in [0.1, 0.15) is 11.5 Å². The highest BCUT2D eigenvalue weighted by molar-refractivity contribution is 6.10. The van der Waals surface area contributed by atoms with Gasteiger partial charge in [-0.05, 0) is 32.8 Å². The van der Waals surface area contributed by atoms with E-state index >= 15 is 0 Å². The number of ketones is 1. The third kappa shape index (κ3) is 2.62. The van der Waals surface area contributed by atoms with Gasteiger partial charge in [0, 0.05) is 11.1 Å². The highest BCUT2D eigenvalue weighted by atomic mass is 16.3. The normalized spacial score (nSPS) is 10.7. The molecular formula is C17H20O2. The number of rotatable bonds is 4. The number of aryl methyl sites for hydroxylation is 3. The molecule has 0 unspecified atom stereocenters. The lowest BCUT2D eigenvalue weighted by atomic mass is 9.98. The summed E-state index contributed by atoms with van der Waals surface area (Å²) in [6.45, 7) is 7.83. The predicted octanol–water partition coefficient (Wildman–Crippen LogP) is 4.39. The maximum absolute atomic E-state index is 12.5. The summed E-state index contributed by atoms with van der Waals surface area (Å²) in [7, 11) is 0. The molecule has 19 heavy (non-hydrogen) atoms. The van der Waals surface area contributed by atoms with Gasteiger partial charge < -0.3 is 4.42 Å². The van der Waals surface area contributed by atoms with Crippen molar-refractivity contribution in [3.8, 4) is 0 Å². The van der Waals surface area contributed by atoms with Crippen LogP contribution in [0.4, 0.5) is 0 Å². The average Bonchev–Trinajstić information content (AvgIpc) is 2.64. The van der Waals surface area contributed by atoms with Crippen LogP contribution in [0.3, 0.4) is 0 Å². The molecule has 0 bridgehead atoms.